The molecule has 5 N–H and O–H groups in total. The predicted octanol–water partition coefficient (Wildman–Crippen LogP) is -1.74. The van der Waals surface area contributed by atoms with E-state index < -0.39 is 23.6 Å². The molecule has 0 saturated carbocycles. The maximum absolute atomic E-state index is 12.6. The molecule has 2 aliphatic rings. The average molecular weight is 315 g/mol. The fourth-order valence-electron chi connectivity index (χ4n) is 3.37. The molecule has 2 heterocycles. The van der Waals surface area contributed by atoms with Crippen molar-refractivity contribution in [2.24, 2.45) is 11.7 Å². The summed E-state index contributed by atoms with van der Waals surface area (Å²) in [5.74, 6) is -1.23. The zero-order chi connectivity index (χ0) is 15.9. The number of nitrogens with zero attached hydrogens (tertiary/aromatic N) is 2. The molecular formula is C14H25N3O5. The lowest BCUT2D eigenvalue weighted by atomic mass is 9.83. The van der Waals surface area contributed by atoms with E-state index in [0.717, 1.165) is 6.42 Å². The van der Waals surface area contributed by atoms with Crippen LogP contribution in [0.15, 0.2) is 0 Å². The molecule has 22 heavy (non-hydrogen) atoms. The van der Waals surface area contributed by atoms with Crippen molar-refractivity contribution in [3.8, 4) is 0 Å². The van der Waals surface area contributed by atoms with E-state index in [1.165, 1.54) is 11.8 Å². The minimum absolute atomic E-state index is 0. The zero-order valence-electron chi connectivity index (χ0n) is 13.2. The van der Waals surface area contributed by atoms with E-state index in [2.05, 4.69) is 0 Å². The molecule has 2 rings (SSSR count). The molecule has 1 spiro atoms. The lowest BCUT2D eigenvalue weighted by molar-refractivity contribution is -0.176. The first-order valence-electron chi connectivity index (χ1n) is 7.32. The van der Waals surface area contributed by atoms with Crippen LogP contribution in [-0.2, 0) is 14.4 Å². The van der Waals surface area contributed by atoms with Crippen molar-refractivity contribution in [2.45, 2.75) is 51.3 Å². The lowest BCUT2D eigenvalue weighted by Gasteiger charge is -2.53. The molecular weight excluding hydrogens is 290 g/mol. The molecule has 3 atom stereocenters. The highest BCUT2D eigenvalue weighted by molar-refractivity contribution is 6.00. The fourth-order valence-corrected chi connectivity index (χ4v) is 3.37. The van der Waals surface area contributed by atoms with Crippen LogP contribution < -0.4 is 5.73 Å². The van der Waals surface area contributed by atoms with Crippen molar-refractivity contribution in [3.63, 3.8) is 0 Å². The van der Waals surface area contributed by atoms with Crippen molar-refractivity contribution in [1.29, 1.82) is 0 Å². The van der Waals surface area contributed by atoms with Gasteiger partial charge in [-0.2, -0.15) is 0 Å². The topological polar surface area (TPSA) is 135 Å². The van der Waals surface area contributed by atoms with Crippen LogP contribution >= 0.6 is 0 Å². The minimum atomic E-state index is -1.03. The molecule has 0 radical (unpaired) electrons. The van der Waals surface area contributed by atoms with Crippen LogP contribution in [0.2, 0.25) is 0 Å². The number of carbonyl (C=O) groups is 3. The van der Waals surface area contributed by atoms with E-state index in [1.807, 2.05) is 0 Å². The summed E-state index contributed by atoms with van der Waals surface area (Å²) in [6.07, 6.45) is 0.347. The number of hydrogen-bond donors (Lipinski definition) is 2. The number of amides is 3. The van der Waals surface area contributed by atoms with Gasteiger partial charge in [-0.25, -0.2) is 0 Å². The lowest BCUT2D eigenvalue weighted by Crippen LogP contribution is -2.77. The van der Waals surface area contributed by atoms with Crippen molar-refractivity contribution < 1.29 is 25.0 Å². The second kappa shape index (κ2) is 6.21. The molecule has 0 aromatic carbocycles. The van der Waals surface area contributed by atoms with Gasteiger partial charge in [0.15, 0.2) is 0 Å². The number of aliphatic hydroxyl groups is 1. The van der Waals surface area contributed by atoms with Crippen molar-refractivity contribution in [3.05, 3.63) is 0 Å². The standard InChI is InChI=1S/C14H23N3O4.H2O/c1-8(2)12(20)17-6-4-5-14(17)7-16(13(14)21)10(9(3)18)11(15)19;/h8-10,18H,4-7H2,1-3H3,(H2,15,19);1H2/t9-,10+,14-;/m1./s1. The summed E-state index contributed by atoms with van der Waals surface area (Å²) < 4.78 is 0. The third kappa shape index (κ3) is 2.56. The highest BCUT2D eigenvalue weighted by Gasteiger charge is 2.62. The zero-order valence-corrected chi connectivity index (χ0v) is 13.2. The number of nitrogens with two attached hydrogens (primary N) is 1. The van der Waals surface area contributed by atoms with Gasteiger partial charge in [0, 0.05) is 12.5 Å². The number of carbonyl (C=O) groups excluding carboxylic acids is 3. The van der Waals surface area contributed by atoms with Crippen LogP contribution in [0.5, 0.6) is 0 Å². The van der Waals surface area contributed by atoms with E-state index in [1.54, 1.807) is 18.7 Å². The van der Waals surface area contributed by atoms with Gasteiger partial charge in [0.25, 0.3) is 5.91 Å². The SMILES string of the molecule is CC(C)C(=O)N1CCC[C@]12CN([C@H](C(N)=O)[C@@H](C)O)C2=O.O. The van der Waals surface area contributed by atoms with Gasteiger partial charge in [0.2, 0.25) is 11.8 Å². The first kappa shape index (κ1) is 18.4. The Labute approximate surface area is 129 Å². The largest absolute Gasteiger partial charge is 0.412 e. The number of hydrogen-bond acceptors (Lipinski definition) is 4. The summed E-state index contributed by atoms with van der Waals surface area (Å²) >= 11 is 0. The third-order valence-electron chi connectivity index (χ3n) is 4.42. The molecule has 0 aromatic heterocycles. The summed E-state index contributed by atoms with van der Waals surface area (Å²) in [5, 5.41) is 9.66. The smallest absolute Gasteiger partial charge is 0.251 e. The number of rotatable bonds is 4. The summed E-state index contributed by atoms with van der Waals surface area (Å²) in [6.45, 7) is 5.86. The molecule has 8 heteroatoms. The molecule has 0 aliphatic carbocycles. The number of β-lactam (4-membered cyclic amide) rings is 1. The minimum Gasteiger partial charge on any atom is -0.412 e. The van der Waals surface area contributed by atoms with Gasteiger partial charge in [0.05, 0.1) is 12.6 Å². The molecule has 2 aliphatic heterocycles. The Hall–Kier alpha value is -1.67. The maximum atomic E-state index is 12.6. The summed E-state index contributed by atoms with van der Waals surface area (Å²) in [7, 11) is 0. The second-order valence-corrected chi connectivity index (χ2v) is 6.30. The van der Waals surface area contributed by atoms with Crippen LogP contribution in [0.4, 0.5) is 0 Å². The summed E-state index contributed by atoms with van der Waals surface area (Å²) in [6, 6.07) is -1.03. The Bertz CT molecular complexity index is 479. The van der Waals surface area contributed by atoms with Gasteiger partial charge in [-0.1, -0.05) is 13.8 Å². The van der Waals surface area contributed by atoms with Gasteiger partial charge in [-0.05, 0) is 19.8 Å². The number of likely N-dealkylation sites (tertiary alicyclic amines) is 2. The summed E-state index contributed by atoms with van der Waals surface area (Å²) in [5.41, 5.74) is 4.44. The summed E-state index contributed by atoms with van der Waals surface area (Å²) in [4.78, 5) is 39.2. The molecule has 3 amide bonds. The number of aliphatic hydroxyl groups excluding tert-OH is 1. The monoisotopic (exact) mass is 315 g/mol. The Kier molecular flexibility index (Phi) is 5.19. The molecule has 2 saturated heterocycles. The van der Waals surface area contributed by atoms with Gasteiger partial charge in [-0.3, -0.25) is 14.4 Å². The normalized spacial score (nSPS) is 26.7. The first-order chi connectivity index (χ1) is 9.72. The van der Waals surface area contributed by atoms with Crippen LogP contribution in [0.3, 0.4) is 0 Å². The van der Waals surface area contributed by atoms with E-state index in [4.69, 9.17) is 5.73 Å². The van der Waals surface area contributed by atoms with E-state index >= 15 is 0 Å². The molecule has 126 valence electrons. The molecule has 0 unspecified atom stereocenters. The van der Waals surface area contributed by atoms with Crippen molar-refractivity contribution in [1.82, 2.24) is 9.80 Å². The maximum Gasteiger partial charge on any atom is 0.251 e. The fraction of sp³-hybridized carbons (Fsp3) is 0.786. The second-order valence-electron chi connectivity index (χ2n) is 6.30. The highest BCUT2D eigenvalue weighted by Crippen LogP contribution is 2.41. The molecule has 2 fully saturated rings. The quantitative estimate of drug-likeness (QED) is 0.595. The predicted molar refractivity (Wildman–Crippen MR) is 78.5 cm³/mol. The Balaban J connectivity index is 0.00000242. The van der Waals surface area contributed by atoms with Crippen LogP contribution in [0.25, 0.3) is 0 Å². The van der Waals surface area contributed by atoms with Gasteiger partial charge in [0.1, 0.15) is 11.6 Å². The Morgan fingerprint density at radius 3 is 2.32 bits per heavy atom. The van der Waals surface area contributed by atoms with E-state index in [9.17, 15) is 19.5 Å². The first-order valence-corrected chi connectivity index (χ1v) is 7.32. The van der Waals surface area contributed by atoms with Crippen molar-refractivity contribution in [2.75, 3.05) is 13.1 Å². The van der Waals surface area contributed by atoms with Gasteiger partial charge < -0.3 is 26.1 Å². The average Bonchev–Trinajstić information content (AvgIpc) is 2.82. The molecule has 0 bridgehead atoms. The van der Waals surface area contributed by atoms with Crippen LogP contribution in [0, 0.1) is 5.92 Å². The Morgan fingerprint density at radius 1 is 1.32 bits per heavy atom. The third-order valence-corrected chi connectivity index (χ3v) is 4.42. The molecule has 0 aromatic rings. The van der Waals surface area contributed by atoms with Crippen LogP contribution in [-0.4, -0.2) is 68.9 Å². The Morgan fingerprint density at radius 2 is 1.91 bits per heavy atom. The highest BCUT2D eigenvalue weighted by atomic mass is 16.3. The number of primary amides is 1. The van der Waals surface area contributed by atoms with E-state index in [-0.39, 0.29) is 29.8 Å². The van der Waals surface area contributed by atoms with E-state index in [0.29, 0.717) is 13.0 Å². The molecule has 8 nitrogen and oxygen atoms in total. The van der Waals surface area contributed by atoms with Crippen molar-refractivity contribution >= 4 is 17.7 Å². The van der Waals surface area contributed by atoms with Crippen LogP contribution in [0.1, 0.15) is 33.6 Å². The van der Waals surface area contributed by atoms with Gasteiger partial charge in [-0.15, -0.1) is 0 Å². The van der Waals surface area contributed by atoms with Gasteiger partial charge >= 0.3 is 0 Å².